The second kappa shape index (κ2) is 7.80. The third-order valence-corrected chi connectivity index (χ3v) is 5.43. The average molecular weight is 379 g/mol. The zero-order chi connectivity index (χ0) is 18.8. The fourth-order valence-electron chi connectivity index (χ4n) is 3.28. The molecule has 2 aromatic heterocycles. The first-order chi connectivity index (χ1) is 12.4. The summed E-state index contributed by atoms with van der Waals surface area (Å²) in [5.41, 5.74) is 3.10. The third kappa shape index (κ3) is 3.94. The lowest BCUT2D eigenvalue weighted by Gasteiger charge is -2.35. The monoisotopic (exact) mass is 378 g/mol. The Balaban J connectivity index is 1.55. The molecule has 2 aromatic rings. The van der Waals surface area contributed by atoms with E-state index in [-0.39, 0.29) is 11.9 Å². The average Bonchev–Trinajstić information content (AvgIpc) is 3.16. The molecule has 0 N–H and O–H groups in total. The van der Waals surface area contributed by atoms with Crippen molar-refractivity contribution in [2.45, 2.75) is 46.8 Å². The Bertz CT molecular complexity index is 755. The van der Waals surface area contributed by atoms with Crippen molar-refractivity contribution in [1.82, 2.24) is 29.4 Å². The van der Waals surface area contributed by atoms with Crippen molar-refractivity contribution in [2.75, 3.05) is 26.2 Å². The summed E-state index contributed by atoms with van der Waals surface area (Å²) in [6.45, 7) is 12.8. The molecule has 8 heteroatoms. The molecule has 26 heavy (non-hydrogen) atoms. The molecule has 1 atom stereocenters. The van der Waals surface area contributed by atoms with Crippen LogP contribution in [0.25, 0.3) is 0 Å². The number of aromatic nitrogens is 4. The largest absolute Gasteiger partial charge is 0.338 e. The van der Waals surface area contributed by atoms with Gasteiger partial charge in [-0.3, -0.25) is 19.1 Å². The maximum atomic E-state index is 12.8. The topological polar surface area (TPSA) is 59.2 Å². The summed E-state index contributed by atoms with van der Waals surface area (Å²) < 4.78 is 3.64. The smallest absolute Gasteiger partial charge is 0.247 e. The Kier molecular flexibility index (Phi) is 5.67. The Morgan fingerprint density at radius 2 is 1.85 bits per heavy atom. The van der Waals surface area contributed by atoms with E-state index >= 15 is 0 Å². The first-order valence-corrected chi connectivity index (χ1v) is 9.52. The van der Waals surface area contributed by atoms with Gasteiger partial charge in [0.05, 0.1) is 16.4 Å². The number of carbonyl (C=O) groups is 1. The van der Waals surface area contributed by atoms with Crippen molar-refractivity contribution in [3.8, 4) is 0 Å². The number of carbonyl (C=O) groups excluding carboxylic acids is 1. The molecule has 1 aliphatic rings. The van der Waals surface area contributed by atoms with Crippen molar-refractivity contribution >= 4 is 17.5 Å². The van der Waals surface area contributed by atoms with Crippen LogP contribution in [0.5, 0.6) is 0 Å². The molecule has 0 unspecified atom stereocenters. The van der Waals surface area contributed by atoms with E-state index in [0.717, 1.165) is 50.7 Å². The molecule has 7 nitrogen and oxygen atoms in total. The number of hydrogen-bond acceptors (Lipinski definition) is 4. The van der Waals surface area contributed by atoms with E-state index in [2.05, 4.69) is 35.1 Å². The van der Waals surface area contributed by atoms with Crippen molar-refractivity contribution in [2.24, 2.45) is 0 Å². The number of nitrogens with zero attached hydrogens (tertiary/aromatic N) is 6. The van der Waals surface area contributed by atoms with Crippen LogP contribution in [0.1, 0.15) is 36.8 Å². The van der Waals surface area contributed by atoms with Gasteiger partial charge in [-0.2, -0.15) is 10.2 Å². The van der Waals surface area contributed by atoms with Crippen LogP contribution in [0.4, 0.5) is 0 Å². The van der Waals surface area contributed by atoms with Crippen molar-refractivity contribution in [1.29, 1.82) is 0 Å². The van der Waals surface area contributed by atoms with Gasteiger partial charge < -0.3 is 4.90 Å². The SMILES string of the molecule is CCn1cc(CN2CCN(C(=O)[C@@H](C)n3cc(Cl)c(C)n3)CC2)c(C)n1. The van der Waals surface area contributed by atoms with Crippen LogP contribution in [0, 0.1) is 13.8 Å². The summed E-state index contributed by atoms with van der Waals surface area (Å²) >= 11 is 6.06. The van der Waals surface area contributed by atoms with Gasteiger partial charge in [0.15, 0.2) is 0 Å². The number of amides is 1. The quantitative estimate of drug-likeness (QED) is 0.800. The van der Waals surface area contributed by atoms with Gasteiger partial charge in [0.25, 0.3) is 0 Å². The van der Waals surface area contributed by atoms with Crippen LogP contribution in [0.3, 0.4) is 0 Å². The normalized spacial score (nSPS) is 16.9. The second-order valence-corrected chi connectivity index (χ2v) is 7.32. The molecular weight excluding hydrogens is 352 g/mol. The third-order valence-electron chi connectivity index (χ3n) is 5.06. The van der Waals surface area contributed by atoms with E-state index in [1.165, 1.54) is 5.56 Å². The van der Waals surface area contributed by atoms with Crippen LogP contribution >= 0.6 is 11.6 Å². The molecule has 0 bridgehead atoms. The minimum atomic E-state index is -0.335. The van der Waals surface area contributed by atoms with Gasteiger partial charge in [-0.15, -0.1) is 0 Å². The predicted molar refractivity (Wildman–Crippen MR) is 101 cm³/mol. The Hall–Kier alpha value is -1.86. The molecule has 3 heterocycles. The van der Waals surface area contributed by atoms with Crippen LogP contribution in [0.15, 0.2) is 12.4 Å². The number of aryl methyl sites for hydroxylation is 3. The molecule has 142 valence electrons. The van der Waals surface area contributed by atoms with Gasteiger partial charge in [-0.1, -0.05) is 11.6 Å². The Morgan fingerprint density at radius 1 is 1.15 bits per heavy atom. The lowest BCUT2D eigenvalue weighted by atomic mass is 10.2. The molecule has 1 aliphatic heterocycles. The molecule has 0 spiro atoms. The lowest BCUT2D eigenvalue weighted by molar-refractivity contribution is -0.136. The number of rotatable bonds is 5. The standard InChI is InChI=1S/C18H27ClN6O/c1-5-24-11-16(13(2)20-24)10-22-6-8-23(9-7-22)18(26)15(4)25-12-17(19)14(3)21-25/h11-12,15H,5-10H2,1-4H3/t15-/m1/s1. The van der Waals surface area contributed by atoms with Crippen LogP contribution in [-0.2, 0) is 17.9 Å². The van der Waals surface area contributed by atoms with Gasteiger partial charge in [-0.05, 0) is 27.7 Å². The minimum Gasteiger partial charge on any atom is -0.338 e. The van der Waals surface area contributed by atoms with Gasteiger partial charge >= 0.3 is 0 Å². The number of hydrogen-bond donors (Lipinski definition) is 0. The van der Waals surface area contributed by atoms with Crippen LogP contribution in [-0.4, -0.2) is 61.4 Å². The fourth-order valence-corrected chi connectivity index (χ4v) is 3.42. The predicted octanol–water partition coefficient (Wildman–Crippen LogP) is 2.28. The zero-order valence-corrected chi connectivity index (χ0v) is 16.7. The zero-order valence-electron chi connectivity index (χ0n) is 15.9. The number of piperazine rings is 1. The maximum Gasteiger partial charge on any atom is 0.247 e. The van der Waals surface area contributed by atoms with Gasteiger partial charge in [0.2, 0.25) is 5.91 Å². The highest BCUT2D eigenvalue weighted by Gasteiger charge is 2.27. The summed E-state index contributed by atoms with van der Waals surface area (Å²) in [6, 6.07) is -0.335. The molecule has 1 saturated heterocycles. The van der Waals surface area contributed by atoms with Gasteiger partial charge in [0, 0.05) is 57.2 Å². The van der Waals surface area contributed by atoms with E-state index < -0.39 is 0 Å². The van der Waals surface area contributed by atoms with E-state index in [0.29, 0.717) is 5.02 Å². The highest BCUT2D eigenvalue weighted by atomic mass is 35.5. The fraction of sp³-hybridized carbons (Fsp3) is 0.611. The first kappa shape index (κ1) is 18.9. The molecule has 0 radical (unpaired) electrons. The first-order valence-electron chi connectivity index (χ1n) is 9.14. The molecule has 0 aromatic carbocycles. The second-order valence-electron chi connectivity index (χ2n) is 6.92. The van der Waals surface area contributed by atoms with Gasteiger partial charge in [0.1, 0.15) is 6.04 Å². The molecular formula is C18H27ClN6O. The minimum absolute atomic E-state index is 0.0961. The van der Waals surface area contributed by atoms with E-state index in [4.69, 9.17) is 11.6 Å². The number of halogens is 1. The van der Waals surface area contributed by atoms with E-state index in [9.17, 15) is 4.79 Å². The van der Waals surface area contributed by atoms with Crippen LogP contribution < -0.4 is 0 Å². The van der Waals surface area contributed by atoms with Crippen molar-refractivity contribution in [3.05, 3.63) is 34.4 Å². The summed E-state index contributed by atoms with van der Waals surface area (Å²) in [5, 5.41) is 9.44. The summed E-state index contributed by atoms with van der Waals surface area (Å²) in [6.07, 6.45) is 3.85. The highest BCUT2D eigenvalue weighted by molar-refractivity contribution is 6.31. The van der Waals surface area contributed by atoms with E-state index in [1.54, 1.807) is 10.9 Å². The molecule has 0 aliphatic carbocycles. The Labute approximate surface area is 159 Å². The molecule has 3 rings (SSSR count). The van der Waals surface area contributed by atoms with Crippen LogP contribution in [0.2, 0.25) is 5.02 Å². The maximum absolute atomic E-state index is 12.8. The molecule has 1 amide bonds. The summed E-state index contributed by atoms with van der Waals surface area (Å²) in [5.74, 6) is 0.0961. The lowest BCUT2D eigenvalue weighted by Crippen LogP contribution is -2.50. The van der Waals surface area contributed by atoms with Crippen molar-refractivity contribution < 1.29 is 4.79 Å². The summed E-state index contributed by atoms with van der Waals surface area (Å²) in [7, 11) is 0. The molecule has 1 fully saturated rings. The van der Waals surface area contributed by atoms with Crippen molar-refractivity contribution in [3.63, 3.8) is 0 Å². The van der Waals surface area contributed by atoms with Gasteiger partial charge in [-0.25, -0.2) is 0 Å². The highest BCUT2D eigenvalue weighted by Crippen LogP contribution is 2.19. The Morgan fingerprint density at radius 3 is 2.38 bits per heavy atom. The van der Waals surface area contributed by atoms with E-state index in [1.807, 2.05) is 23.4 Å². The summed E-state index contributed by atoms with van der Waals surface area (Å²) in [4.78, 5) is 17.1. The molecule has 0 saturated carbocycles.